The van der Waals surface area contributed by atoms with Gasteiger partial charge in [-0.15, -0.1) is 0 Å². The number of esters is 1. The lowest BCUT2D eigenvalue weighted by Crippen LogP contribution is -2.08. The zero-order valence-corrected chi connectivity index (χ0v) is 13.5. The molecule has 0 aliphatic carbocycles. The van der Waals surface area contributed by atoms with Crippen LogP contribution in [0.4, 0.5) is 0 Å². The number of allylic oxidation sites excluding steroid dienone is 1. The van der Waals surface area contributed by atoms with E-state index in [1.54, 1.807) is 54.6 Å². The van der Waals surface area contributed by atoms with Crippen LogP contribution in [0.1, 0.15) is 26.3 Å². The Kier molecular flexibility index (Phi) is 5.17. The number of carbonyl (C=O) groups excluding carboxylic acids is 2. The van der Waals surface area contributed by atoms with E-state index in [9.17, 15) is 9.59 Å². The van der Waals surface area contributed by atoms with Crippen molar-refractivity contribution in [2.24, 2.45) is 0 Å². The third-order valence-electron chi connectivity index (χ3n) is 3.59. The van der Waals surface area contributed by atoms with Gasteiger partial charge in [0.25, 0.3) is 0 Å². The van der Waals surface area contributed by atoms with Crippen molar-refractivity contribution in [1.82, 2.24) is 0 Å². The third-order valence-corrected chi connectivity index (χ3v) is 3.59. The highest BCUT2D eigenvalue weighted by molar-refractivity contribution is 6.06. The van der Waals surface area contributed by atoms with E-state index in [0.29, 0.717) is 16.9 Å². The zero-order valence-electron chi connectivity index (χ0n) is 13.5. The maximum absolute atomic E-state index is 12.2. The number of ketones is 1. The molecule has 0 fully saturated rings. The maximum atomic E-state index is 12.2. The molecule has 0 atom stereocenters. The molecular formula is C22H16O3. The monoisotopic (exact) mass is 328 g/mol. The van der Waals surface area contributed by atoms with Gasteiger partial charge in [-0.1, -0.05) is 54.6 Å². The van der Waals surface area contributed by atoms with E-state index in [1.807, 2.05) is 36.4 Å². The average Bonchev–Trinajstić information content (AvgIpc) is 2.68. The fraction of sp³-hybridized carbons (Fsp3) is 0. The van der Waals surface area contributed by atoms with E-state index in [4.69, 9.17) is 4.74 Å². The maximum Gasteiger partial charge on any atom is 0.343 e. The van der Waals surface area contributed by atoms with Crippen LogP contribution in [0.15, 0.2) is 91.0 Å². The third kappa shape index (κ3) is 4.52. The van der Waals surface area contributed by atoms with E-state index in [2.05, 4.69) is 0 Å². The van der Waals surface area contributed by atoms with Gasteiger partial charge >= 0.3 is 5.97 Å². The Bertz CT molecular complexity index is 880. The first kappa shape index (κ1) is 16.4. The number of ether oxygens (including phenoxy) is 1. The molecule has 3 heteroatoms. The van der Waals surface area contributed by atoms with Gasteiger partial charge in [-0.05, 0) is 48.0 Å². The standard InChI is InChI=1S/C22H16O3/c23-21(16-11-17-7-3-1-4-8-17)18-12-14-20(15-13-18)25-22(24)19-9-5-2-6-10-19/h1-16H. The van der Waals surface area contributed by atoms with Crippen LogP contribution in [0.5, 0.6) is 5.75 Å². The van der Waals surface area contributed by atoms with Crippen LogP contribution in [0.25, 0.3) is 6.08 Å². The molecular weight excluding hydrogens is 312 g/mol. The van der Waals surface area contributed by atoms with E-state index < -0.39 is 5.97 Å². The fourth-order valence-corrected chi connectivity index (χ4v) is 2.26. The van der Waals surface area contributed by atoms with Crippen molar-refractivity contribution in [3.8, 4) is 5.75 Å². The largest absolute Gasteiger partial charge is 0.423 e. The number of hydrogen-bond donors (Lipinski definition) is 0. The molecule has 0 saturated heterocycles. The Labute approximate surface area is 146 Å². The molecule has 0 aromatic heterocycles. The lowest BCUT2D eigenvalue weighted by Gasteiger charge is -2.04. The Morgan fingerprint density at radius 2 is 1.28 bits per heavy atom. The molecule has 0 bridgehead atoms. The van der Waals surface area contributed by atoms with Crippen molar-refractivity contribution < 1.29 is 14.3 Å². The fourth-order valence-electron chi connectivity index (χ4n) is 2.26. The molecule has 0 amide bonds. The van der Waals surface area contributed by atoms with Gasteiger partial charge in [0, 0.05) is 5.56 Å². The molecule has 0 N–H and O–H groups in total. The van der Waals surface area contributed by atoms with E-state index >= 15 is 0 Å². The summed E-state index contributed by atoms with van der Waals surface area (Å²) in [6, 6.07) is 24.9. The summed E-state index contributed by atoms with van der Waals surface area (Å²) in [4.78, 5) is 24.2. The summed E-state index contributed by atoms with van der Waals surface area (Å²) in [5.41, 5.74) is 1.98. The highest BCUT2D eigenvalue weighted by Gasteiger charge is 2.08. The highest BCUT2D eigenvalue weighted by atomic mass is 16.5. The van der Waals surface area contributed by atoms with Crippen molar-refractivity contribution >= 4 is 17.8 Å². The van der Waals surface area contributed by atoms with Crippen molar-refractivity contribution in [1.29, 1.82) is 0 Å². The summed E-state index contributed by atoms with van der Waals surface area (Å²) >= 11 is 0. The van der Waals surface area contributed by atoms with Crippen molar-refractivity contribution in [2.75, 3.05) is 0 Å². The summed E-state index contributed by atoms with van der Waals surface area (Å²) in [5.74, 6) is -0.133. The minimum absolute atomic E-state index is 0.107. The van der Waals surface area contributed by atoms with Gasteiger partial charge in [-0.25, -0.2) is 4.79 Å². The van der Waals surface area contributed by atoms with E-state index in [0.717, 1.165) is 5.56 Å². The second-order valence-corrected chi connectivity index (χ2v) is 5.39. The van der Waals surface area contributed by atoms with Crippen LogP contribution in [0.2, 0.25) is 0 Å². The molecule has 3 aromatic rings. The van der Waals surface area contributed by atoms with Crippen LogP contribution < -0.4 is 4.74 Å². The van der Waals surface area contributed by atoms with Crippen molar-refractivity contribution in [3.63, 3.8) is 0 Å². The van der Waals surface area contributed by atoms with Gasteiger partial charge in [-0.2, -0.15) is 0 Å². The number of hydrogen-bond acceptors (Lipinski definition) is 3. The minimum Gasteiger partial charge on any atom is -0.423 e. The summed E-state index contributed by atoms with van der Waals surface area (Å²) in [5, 5.41) is 0. The number of carbonyl (C=O) groups is 2. The normalized spacial score (nSPS) is 10.6. The molecule has 3 nitrogen and oxygen atoms in total. The molecule has 0 aliphatic rings. The Hall–Kier alpha value is -3.46. The molecule has 0 spiro atoms. The van der Waals surface area contributed by atoms with Crippen LogP contribution in [0, 0.1) is 0 Å². The van der Waals surface area contributed by atoms with Gasteiger partial charge in [0.15, 0.2) is 5.78 Å². The van der Waals surface area contributed by atoms with E-state index in [-0.39, 0.29) is 5.78 Å². The summed E-state index contributed by atoms with van der Waals surface area (Å²) < 4.78 is 5.30. The molecule has 0 radical (unpaired) electrons. The zero-order chi connectivity index (χ0) is 17.5. The first-order valence-corrected chi connectivity index (χ1v) is 7.87. The topological polar surface area (TPSA) is 43.4 Å². The van der Waals surface area contributed by atoms with Gasteiger partial charge in [0.1, 0.15) is 5.75 Å². The SMILES string of the molecule is O=C(C=Cc1ccccc1)c1ccc(OC(=O)c2ccccc2)cc1. The lowest BCUT2D eigenvalue weighted by molar-refractivity contribution is 0.0734. The number of benzene rings is 3. The van der Waals surface area contributed by atoms with Gasteiger partial charge in [-0.3, -0.25) is 4.79 Å². The van der Waals surface area contributed by atoms with Crippen molar-refractivity contribution in [2.45, 2.75) is 0 Å². The molecule has 122 valence electrons. The molecule has 3 aromatic carbocycles. The summed E-state index contributed by atoms with van der Waals surface area (Å²) in [7, 11) is 0. The Morgan fingerprint density at radius 3 is 1.92 bits per heavy atom. The second kappa shape index (κ2) is 7.88. The van der Waals surface area contributed by atoms with Crippen LogP contribution in [-0.4, -0.2) is 11.8 Å². The molecule has 0 unspecified atom stereocenters. The lowest BCUT2D eigenvalue weighted by atomic mass is 10.1. The summed E-state index contributed by atoms with van der Waals surface area (Å²) in [6.07, 6.45) is 3.30. The minimum atomic E-state index is -0.427. The average molecular weight is 328 g/mol. The molecule has 25 heavy (non-hydrogen) atoms. The Balaban J connectivity index is 1.65. The van der Waals surface area contributed by atoms with E-state index in [1.165, 1.54) is 6.08 Å². The van der Waals surface area contributed by atoms with Crippen LogP contribution in [0.3, 0.4) is 0 Å². The predicted octanol–water partition coefficient (Wildman–Crippen LogP) is 4.80. The smallest absolute Gasteiger partial charge is 0.343 e. The molecule has 0 heterocycles. The second-order valence-electron chi connectivity index (χ2n) is 5.39. The van der Waals surface area contributed by atoms with Gasteiger partial charge in [0.2, 0.25) is 0 Å². The number of rotatable bonds is 5. The Morgan fingerprint density at radius 1 is 0.680 bits per heavy atom. The predicted molar refractivity (Wildman–Crippen MR) is 97.6 cm³/mol. The molecule has 0 saturated carbocycles. The highest BCUT2D eigenvalue weighted by Crippen LogP contribution is 2.15. The first-order chi connectivity index (χ1) is 12.2. The van der Waals surface area contributed by atoms with Crippen molar-refractivity contribution in [3.05, 3.63) is 108 Å². The van der Waals surface area contributed by atoms with Gasteiger partial charge < -0.3 is 4.74 Å². The molecule has 0 aliphatic heterocycles. The first-order valence-electron chi connectivity index (χ1n) is 7.87. The van der Waals surface area contributed by atoms with Crippen LogP contribution in [-0.2, 0) is 0 Å². The quantitative estimate of drug-likeness (QED) is 0.292. The van der Waals surface area contributed by atoms with Gasteiger partial charge in [0.05, 0.1) is 5.56 Å². The molecule has 3 rings (SSSR count). The van der Waals surface area contributed by atoms with Crippen LogP contribution >= 0.6 is 0 Å². The summed E-state index contributed by atoms with van der Waals surface area (Å²) in [6.45, 7) is 0.